The molecule has 2 N–H and O–H groups in total. The summed E-state index contributed by atoms with van der Waals surface area (Å²) in [5.41, 5.74) is 1.07. The molecule has 0 spiro atoms. The summed E-state index contributed by atoms with van der Waals surface area (Å²) in [5, 5.41) is 9.23. The second kappa shape index (κ2) is 13.3. The Labute approximate surface area is 198 Å². The summed E-state index contributed by atoms with van der Waals surface area (Å²) in [4.78, 5) is 28.8. The molecular weight excluding hydrogens is 412 g/mol. The number of carbonyl (C=O) groups is 2. The van der Waals surface area contributed by atoms with E-state index in [0.29, 0.717) is 31.7 Å². The van der Waals surface area contributed by atoms with Crippen molar-refractivity contribution >= 4 is 28.2 Å². The highest BCUT2D eigenvalue weighted by molar-refractivity contribution is 5.85. The van der Waals surface area contributed by atoms with E-state index in [2.05, 4.69) is 69.9 Å². The van der Waals surface area contributed by atoms with Crippen LogP contribution < -0.4 is 10.6 Å². The van der Waals surface area contributed by atoms with Crippen molar-refractivity contribution in [2.45, 2.75) is 51.5 Å². The smallest absolute Gasteiger partial charge is 0.234 e. The fourth-order valence-electron chi connectivity index (χ4n) is 4.31. The number of ketones is 1. The van der Waals surface area contributed by atoms with Gasteiger partial charge in [-0.1, -0.05) is 50.1 Å². The molecule has 0 aliphatic carbocycles. The number of anilines is 1. The van der Waals surface area contributed by atoms with Crippen LogP contribution in [0.15, 0.2) is 42.5 Å². The molecule has 2 aromatic rings. The molecule has 6 nitrogen and oxygen atoms in total. The number of unbranched alkanes of at least 4 members (excludes halogenated alkanes) is 2. The minimum absolute atomic E-state index is 0.0679. The largest absolute Gasteiger partial charge is 0.383 e. The standard InChI is InChI=1S/C27H40N4O2/c1-3-26(32)12-6-4-5-11-25(29-27(33)21-31-17-15-30(2)16-18-31)20-28-24-14-13-22-9-7-8-10-23(22)19-24/h7-10,13-14,19,25,28H,3-6,11-12,15-18,20-21H2,1-2H3,(H,29,33). The molecule has 3 rings (SSSR count). The zero-order chi connectivity index (χ0) is 23.5. The third kappa shape index (κ3) is 8.78. The number of hydrogen-bond donors (Lipinski definition) is 2. The molecule has 1 unspecified atom stereocenters. The molecule has 1 amide bonds. The third-order valence-electron chi connectivity index (χ3n) is 6.53. The molecule has 1 aliphatic heterocycles. The van der Waals surface area contributed by atoms with E-state index >= 15 is 0 Å². The minimum atomic E-state index is 0.0679. The van der Waals surface area contributed by atoms with E-state index in [0.717, 1.165) is 57.5 Å². The number of amides is 1. The molecule has 1 aliphatic rings. The quantitative estimate of drug-likeness (QED) is 0.451. The number of piperazine rings is 1. The lowest BCUT2D eigenvalue weighted by Crippen LogP contribution is -2.50. The van der Waals surface area contributed by atoms with Gasteiger partial charge >= 0.3 is 0 Å². The molecule has 0 aromatic heterocycles. The SMILES string of the molecule is CCC(=O)CCCCCC(CNc1ccc2ccccc2c1)NC(=O)CN1CCN(C)CC1. The van der Waals surface area contributed by atoms with Crippen LogP contribution in [0.3, 0.4) is 0 Å². The van der Waals surface area contributed by atoms with Gasteiger partial charge in [0, 0.05) is 57.3 Å². The van der Waals surface area contributed by atoms with Gasteiger partial charge < -0.3 is 15.5 Å². The summed E-state index contributed by atoms with van der Waals surface area (Å²) < 4.78 is 0. The topological polar surface area (TPSA) is 64.7 Å². The molecule has 33 heavy (non-hydrogen) atoms. The van der Waals surface area contributed by atoms with Gasteiger partial charge in [0.05, 0.1) is 6.54 Å². The van der Waals surface area contributed by atoms with Crippen molar-refractivity contribution in [3.05, 3.63) is 42.5 Å². The number of fused-ring (bicyclic) bond motifs is 1. The first-order valence-electron chi connectivity index (χ1n) is 12.5. The van der Waals surface area contributed by atoms with Gasteiger partial charge in [-0.25, -0.2) is 0 Å². The van der Waals surface area contributed by atoms with Crippen molar-refractivity contribution in [1.82, 2.24) is 15.1 Å². The van der Waals surface area contributed by atoms with E-state index in [-0.39, 0.29) is 11.9 Å². The van der Waals surface area contributed by atoms with E-state index in [1.54, 1.807) is 0 Å². The van der Waals surface area contributed by atoms with Crippen molar-refractivity contribution in [1.29, 1.82) is 0 Å². The Morgan fingerprint density at radius 3 is 2.48 bits per heavy atom. The second-order valence-corrected chi connectivity index (χ2v) is 9.28. The first-order chi connectivity index (χ1) is 16.0. The van der Waals surface area contributed by atoms with Gasteiger partial charge in [-0.15, -0.1) is 0 Å². The van der Waals surface area contributed by atoms with Crippen LogP contribution in [0.2, 0.25) is 0 Å². The number of likely N-dealkylation sites (N-methyl/N-ethyl adjacent to an activating group) is 1. The molecule has 1 atom stereocenters. The molecule has 180 valence electrons. The average molecular weight is 453 g/mol. The van der Waals surface area contributed by atoms with Gasteiger partial charge in [-0.05, 0) is 42.8 Å². The predicted octanol–water partition coefficient (Wildman–Crippen LogP) is 3.91. The van der Waals surface area contributed by atoms with Gasteiger partial charge in [-0.3, -0.25) is 14.5 Å². The Kier molecular flexibility index (Phi) is 10.2. The van der Waals surface area contributed by atoms with E-state index in [9.17, 15) is 9.59 Å². The predicted molar refractivity (Wildman–Crippen MR) is 137 cm³/mol. The summed E-state index contributed by atoms with van der Waals surface area (Å²) in [6, 6.07) is 14.8. The Hall–Kier alpha value is -2.44. The number of hydrogen-bond acceptors (Lipinski definition) is 5. The molecule has 1 fully saturated rings. The Morgan fingerprint density at radius 2 is 1.73 bits per heavy atom. The van der Waals surface area contributed by atoms with E-state index < -0.39 is 0 Å². The number of rotatable bonds is 13. The Bertz CT molecular complexity index is 893. The zero-order valence-corrected chi connectivity index (χ0v) is 20.3. The van der Waals surface area contributed by atoms with Crippen molar-refractivity contribution in [3.63, 3.8) is 0 Å². The highest BCUT2D eigenvalue weighted by atomic mass is 16.2. The molecule has 6 heteroatoms. The van der Waals surface area contributed by atoms with Crippen LogP contribution in [0.4, 0.5) is 5.69 Å². The fraction of sp³-hybridized carbons (Fsp3) is 0.556. The van der Waals surface area contributed by atoms with E-state index in [4.69, 9.17) is 0 Å². The van der Waals surface area contributed by atoms with Crippen molar-refractivity contribution in [2.75, 3.05) is 51.6 Å². The van der Waals surface area contributed by atoms with Crippen molar-refractivity contribution < 1.29 is 9.59 Å². The lowest BCUT2D eigenvalue weighted by atomic mass is 10.0. The Morgan fingerprint density at radius 1 is 0.970 bits per heavy atom. The number of Topliss-reactive ketones (excluding diaryl/α,β-unsaturated/α-hetero) is 1. The molecule has 1 heterocycles. The maximum Gasteiger partial charge on any atom is 0.234 e. The molecular formula is C27H40N4O2. The first-order valence-corrected chi connectivity index (χ1v) is 12.5. The summed E-state index contributed by atoms with van der Waals surface area (Å²) in [6.45, 7) is 6.98. The van der Waals surface area contributed by atoms with Crippen LogP contribution in [-0.4, -0.2) is 73.8 Å². The molecule has 2 aromatic carbocycles. The van der Waals surface area contributed by atoms with E-state index in [1.807, 2.05) is 6.92 Å². The monoisotopic (exact) mass is 452 g/mol. The fourth-order valence-corrected chi connectivity index (χ4v) is 4.31. The Balaban J connectivity index is 1.51. The van der Waals surface area contributed by atoms with Crippen LogP contribution >= 0.6 is 0 Å². The number of carbonyl (C=O) groups excluding carboxylic acids is 2. The summed E-state index contributed by atoms with van der Waals surface area (Å²) in [5.74, 6) is 0.441. The van der Waals surface area contributed by atoms with Crippen LogP contribution in [-0.2, 0) is 9.59 Å². The highest BCUT2D eigenvalue weighted by Gasteiger charge is 2.19. The van der Waals surface area contributed by atoms with Crippen LogP contribution in [0.25, 0.3) is 10.8 Å². The minimum Gasteiger partial charge on any atom is -0.383 e. The second-order valence-electron chi connectivity index (χ2n) is 9.28. The highest BCUT2D eigenvalue weighted by Crippen LogP contribution is 2.19. The normalized spacial score (nSPS) is 15.9. The number of nitrogens with zero attached hydrogens (tertiary/aromatic N) is 2. The molecule has 0 bridgehead atoms. The van der Waals surface area contributed by atoms with Crippen LogP contribution in [0.5, 0.6) is 0 Å². The zero-order valence-electron chi connectivity index (χ0n) is 20.3. The lowest BCUT2D eigenvalue weighted by molar-refractivity contribution is -0.123. The molecule has 0 radical (unpaired) electrons. The summed E-state index contributed by atoms with van der Waals surface area (Å²) in [7, 11) is 2.12. The van der Waals surface area contributed by atoms with Gasteiger partial charge in [0.2, 0.25) is 5.91 Å². The van der Waals surface area contributed by atoms with Gasteiger partial charge in [0.15, 0.2) is 0 Å². The van der Waals surface area contributed by atoms with Crippen molar-refractivity contribution in [3.8, 4) is 0 Å². The summed E-state index contributed by atoms with van der Waals surface area (Å²) in [6.07, 6.45) is 5.18. The third-order valence-corrected chi connectivity index (χ3v) is 6.53. The first kappa shape index (κ1) is 25.2. The van der Waals surface area contributed by atoms with Crippen LogP contribution in [0.1, 0.15) is 45.4 Å². The maximum absolute atomic E-state index is 12.8. The van der Waals surface area contributed by atoms with Gasteiger partial charge in [0.1, 0.15) is 5.78 Å². The van der Waals surface area contributed by atoms with Gasteiger partial charge in [0.25, 0.3) is 0 Å². The maximum atomic E-state index is 12.8. The van der Waals surface area contributed by atoms with Gasteiger partial charge in [-0.2, -0.15) is 0 Å². The average Bonchev–Trinajstić information content (AvgIpc) is 2.83. The lowest BCUT2D eigenvalue weighted by Gasteiger charge is -2.32. The number of nitrogens with one attached hydrogen (secondary N) is 2. The van der Waals surface area contributed by atoms with Crippen molar-refractivity contribution in [2.24, 2.45) is 0 Å². The van der Waals surface area contributed by atoms with Crippen LogP contribution in [0, 0.1) is 0 Å². The molecule has 0 saturated carbocycles. The van der Waals surface area contributed by atoms with E-state index in [1.165, 1.54) is 10.8 Å². The molecule has 1 saturated heterocycles. The summed E-state index contributed by atoms with van der Waals surface area (Å²) >= 11 is 0. The number of benzene rings is 2.